The number of primary amides is 1. The van der Waals surface area contributed by atoms with E-state index in [1.165, 1.54) is 20.3 Å². The monoisotopic (exact) mass is 364 g/mol. The smallest absolute Gasteiger partial charge is 0.259 e. The van der Waals surface area contributed by atoms with Crippen molar-refractivity contribution in [1.82, 2.24) is 0 Å². The second kappa shape index (κ2) is 8.25. The summed E-state index contributed by atoms with van der Waals surface area (Å²) in [6.07, 6.45) is 0. The number of carbonyl (C=O) groups is 2. The minimum Gasteiger partial charge on any atom is -0.495 e. The van der Waals surface area contributed by atoms with Crippen molar-refractivity contribution in [3.8, 4) is 17.2 Å². The molecule has 25 heavy (non-hydrogen) atoms. The third kappa shape index (κ3) is 4.54. The number of halogens is 1. The molecule has 0 saturated heterocycles. The number of hydrogen-bond donors (Lipinski definition) is 2. The van der Waals surface area contributed by atoms with Crippen LogP contribution in [0.3, 0.4) is 0 Å². The summed E-state index contributed by atoms with van der Waals surface area (Å²) >= 11 is 6.05. The summed E-state index contributed by atoms with van der Waals surface area (Å²) in [6.45, 7) is -0.331. The number of carbonyl (C=O) groups excluding carboxylic acids is 2. The van der Waals surface area contributed by atoms with Crippen molar-refractivity contribution >= 4 is 29.1 Å². The van der Waals surface area contributed by atoms with Crippen LogP contribution in [-0.2, 0) is 4.79 Å². The van der Waals surface area contributed by atoms with Crippen molar-refractivity contribution in [1.29, 1.82) is 0 Å². The Balaban J connectivity index is 2.30. The Bertz CT molecular complexity index is 795. The molecule has 0 aliphatic carbocycles. The highest BCUT2D eigenvalue weighted by molar-refractivity contribution is 6.32. The molecule has 0 heterocycles. The lowest BCUT2D eigenvalue weighted by molar-refractivity contribution is -0.119. The highest BCUT2D eigenvalue weighted by atomic mass is 35.5. The van der Waals surface area contributed by atoms with E-state index in [-0.39, 0.29) is 17.9 Å². The van der Waals surface area contributed by atoms with Crippen LogP contribution in [0.15, 0.2) is 36.4 Å². The Morgan fingerprint density at radius 1 is 1.08 bits per heavy atom. The summed E-state index contributed by atoms with van der Waals surface area (Å²) in [5, 5.41) is 3.06. The zero-order chi connectivity index (χ0) is 18.4. The molecule has 0 bridgehead atoms. The van der Waals surface area contributed by atoms with Gasteiger partial charge in [0, 0.05) is 12.1 Å². The molecule has 2 rings (SSSR count). The molecule has 3 N–H and O–H groups in total. The van der Waals surface area contributed by atoms with Crippen LogP contribution in [-0.4, -0.2) is 32.6 Å². The van der Waals surface area contributed by atoms with Crippen molar-refractivity contribution in [3.05, 3.63) is 47.0 Å². The number of nitrogens with one attached hydrogen (secondary N) is 1. The predicted octanol–water partition coefficient (Wildman–Crippen LogP) is 2.47. The molecule has 132 valence electrons. The lowest BCUT2D eigenvalue weighted by atomic mass is 10.1. The molecule has 0 aromatic heterocycles. The number of hydrogen-bond acceptors (Lipinski definition) is 5. The molecule has 2 amide bonds. The van der Waals surface area contributed by atoms with Crippen LogP contribution in [0.1, 0.15) is 10.4 Å². The van der Waals surface area contributed by atoms with Crippen LogP contribution in [0.5, 0.6) is 17.2 Å². The molecule has 2 aromatic rings. The molecule has 0 aliphatic heterocycles. The van der Waals surface area contributed by atoms with Crippen LogP contribution in [0.2, 0.25) is 5.02 Å². The van der Waals surface area contributed by atoms with Crippen LogP contribution in [0.25, 0.3) is 0 Å². The molecular formula is C17H17ClN2O5. The molecule has 8 heteroatoms. The van der Waals surface area contributed by atoms with Crippen molar-refractivity contribution in [2.75, 3.05) is 26.1 Å². The first-order valence-corrected chi connectivity index (χ1v) is 7.57. The van der Waals surface area contributed by atoms with Crippen LogP contribution < -0.4 is 25.3 Å². The van der Waals surface area contributed by atoms with Gasteiger partial charge in [-0.2, -0.15) is 0 Å². The van der Waals surface area contributed by atoms with Crippen LogP contribution in [0, 0.1) is 0 Å². The first kappa shape index (κ1) is 18.4. The van der Waals surface area contributed by atoms with Gasteiger partial charge < -0.3 is 25.3 Å². The molecule has 0 unspecified atom stereocenters. The third-order valence-electron chi connectivity index (χ3n) is 3.22. The SMILES string of the molecule is COc1cc(NC(=O)c2ccccc2OCC(N)=O)c(OC)cc1Cl. The van der Waals surface area contributed by atoms with Gasteiger partial charge in [-0.3, -0.25) is 9.59 Å². The van der Waals surface area contributed by atoms with Crippen LogP contribution in [0.4, 0.5) is 5.69 Å². The van der Waals surface area contributed by atoms with Gasteiger partial charge in [-0.15, -0.1) is 0 Å². The molecule has 0 aliphatic rings. The van der Waals surface area contributed by atoms with Gasteiger partial charge in [-0.1, -0.05) is 23.7 Å². The second-order valence-electron chi connectivity index (χ2n) is 4.89. The Hall–Kier alpha value is -2.93. The van der Waals surface area contributed by atoms with E-state index >= 15 is 0 Å². The van der Waals surface area contributed by atoms with E-state index in [0.717, 1.165) is 0 Å². The van der Waals surface area contributed by atoms with Crippen molar-refractivity contribution in [2.45, 2.75) is 0 Å². The van der Waals surface area contributed by atoms with Gasteiger partial charge in [0.25, 0.3) is 11.8 Å². The predicted molar refractivity (Wildman–Crippen MR) is 93.6 cm³/mol. The van der Waals surface area contributed by atoms with E-state index < -0.39 is 11.8 Å². The summed E-state index contributed by atoms with van der Waals surface area (Å²) in [7, 11) is 2.92. The molecule has 0 radical (unpaired) electrons. The molecule has 0 spiro atoms. The maximum absolute atomic E-state index is 12.6. The highest BCUT2D eigenvalue weighted by Gasteiger charge is 2.17. The van der Waals surface area contributed by atoms with E-state index in [1.807, 2.05) is 0 Å². The number of methoxy groups -OCH3 is 2. The number of anilines is 1. The Labute approximate surface area is 149 Å². The third-order valence-corrected chi connectivity index (χ3v) is 3.52. The van der Waals surface area contributed by atoms with Crippen molar-refractivity contribution in [2.24, 2.45) is 5.73 Å². The maximum atomic E-state index is 12.6. The van der Waals surface area contributed by atoms with Gasteiger partial charge in [0.1, 0.15) is 17.2 Å². The Morgan fingerprint density at radius 3 is 2.40 bits per heavy atom. The van der Waals surface area contributed by atoms with Crippen molar-refractivity contribution < 1.29 is 23.8 Å². The summed E-state index contributed by atoms with van der Waals surface area (Å²) < 4.78 is 15.6. The lowest BCUT2D eigenvalue weighted by Crippen LogP contribution is -2.21. The summed E-state index contributed by atoms with van der Waals surface area (Å²) in [6, 6.07) is 9.56. The number of benzene rings is 2. The van der Waals surface area contributed by atoms with E-state index in [4.69, 9.17) is 31.5 Å². The number of rotatable bonds is 7. The number of amides is 2. The first-order chi connectivity index (χ1) is 12.0. The Kier molecular flexibility index (Phi) is 6.08. The van der Waals surface area contributed by atoms with E-state index in [2.05, 4.69) is 5.32 Å². The van der Waals surface area contributed by atoms with Crippen LogP contribution >= 0.6 is 11.6 Å². The maximum Gasteiger partial charge on any atom is 0.259 e. The van der Waals surface area contributed by atoms with E-state index in [0.29, 0.717) is 22.2 Å². The highest BCUT2D eigenvalue weighted by Crippen LogP contribution is 2.36. The average molecular weight is 365 g/mol. The minimum absolute atomic E-state index is 0.235. The summed E-state index contributed by atoms with van der Waals surface area (Å²) in [5.74, 6) is -0.105. The standard InChI is InChI=1S/C17H17ClN2O5/c1-23-14-8-12(15(24-2)7-11(14)18)20-17(22)10-5-3-4-6-13(10)25-9-16(19)21/h3-8H,9H2,1-2H3,(H2,19,21)(H,20,22). The number of nitrogens with two attached hydrogens (primary N) is 1. The topological polar surface area (TPSA) is 99.9 Å². The molecule has 0 fully saturated rings. The molecule has 0 saturated carbocycles. The second-order valence-corrected chi connectivity index (χ2v) is 5.30. The van der Waals surface area contributed by atoms with Gasteiger partial charge in [0.05, 0.1) is 30.5 Å². The normalized spacial score (nSPS) is 10.0. The van der Waals surface area contributed by atoms with E-state index in [1.54, 1.807) is 30.3 Å². The number of para-hydroxylation sites is 1. The lowest BCUT2D eigenvalue weighted by Gasteiger charge is -2.14. The minimum atomic E-state index is -0.640. The summed E-state index contributed by atoms with van der Waals surface area (Å²) in [4.78, 5) is 23.5. The fraction of sp³-hybridized carbons (Fsp3) is 0.176. The molecule has 7 nitrogen and oxygen atoms in total. The van der Waals surface area contributed by atoms with Gasteiger partial charge in [-0.05, 0) is 12.1 Å². The number of ether oxygens (including phenoxy) is 3. The Morgan fingerprint density at radius 2 is 1.76 bits per heavy atom. The largest absolute Gasteiger partial charge is 0.495 e. The quantitative estimate of drug-likeness (QED) is 0.786. The zero-order valence-corrected chi connectivity index (χ0v) is 14.4. The molecule has 2 aromatic carbocycles. The van der Waals surface area contributed by atoms with Gasteiger partial charge in [0.2, 0.25) is 0 Å². The zero-order valence-electron chi connectivity index (χ0n) is 13.7. The fourth-order valence-electron chi connectivity index (χ4n) is 2.08. The average Bonchev–Trinajstić information content (AvgIpc) is 2.61. The van der Waals surface area contributed by atoms with E-state index in [9.17, 15) is 9.59 Å². The first-order valence-electron chi connectivity index (χ1n) is 7.19. The summed E-state index contributed by atoms with van der Waals surface area (Å²) in [5.41, 5.74) is 5.68. The van der Waals surface area contributed by atoms with Gasteiger partial charge in [0.15, 0.2) is 6.61 Å². The van der Waals surface area contributed by atoms with Gasteiger partial charge in [-0.25, -0.2) is 0 Å². The van der Waals surface area contributed by atoms with Crippen molar-refractivity contribution in [3.63, 3.8) is 0 Å². The fourth-order valence-corrected chi connectivity index (χ4v) is 2.31. The molecular weight excluding hydrogens is 348 g/mol. The van der Waals surface area contributed by atoms with Gasteiger partial charge >= 0.3 is 0 Å². The molecule has 0 atom stereocenters.